The second-order valence-corrected chi connectivity index (χ2v) is 10.8. The molecule has 0 aliphatic carbocycles. The third-order valence-electron chi connectivity index (χ3n) is 7.94. The molecule has 5 heteroatoms. The summed E-state index contributed by atoms with van der Waals surface area (Å²) in [5, 5.41) is 3.06. The maximum absolute atomic E-state index is 13.4. The molecule has 5 nitrogen and oxygen atoms in total. The number of anilines is 1. The minimum absolute atomic E-state index is 0.143. The van der Waals surface area contributed by atoms with Crippen LogP contribution in [0.3, 0.4) is 0 Å². The van der Waals surface area contributed by atoms with E-state index in [1.165, 1.54) is 5.57 Å². The summed E-state index contributed by atoms with van der Waals surface area (Å²) < 4.78 is 5.78. The number of ether oxygens (including phenoxy) is 1. The van der Waals surface area contributed by atoms with Crippen molar-refractivity contribution in [1.29, 1.82) is 0 Å². The maximum atomic E-state index is 13.4. The number of nitrogens with one attached hydrogen (secondary N) is 1. The summed E-state index contributed by atoms with van der Waals surface area (Å²) in [5.74, 6) is -0.387. The first-order chi connectivity index (χ1) is 21.7. The molecule has 0 radical (unpaired) electrons. The monoisotopic (exact) mass is 578 g/mol. The molecule has 1 N–H and O–H groups in total. The molecule has 1 aliphatic rings. The lowest BCUT2D eigenvalue weighted by atomic mass is 9.96. The van der Waals surface area contributed by atoms with Crippen LogP contribution in [-0.2, 0) is 16.1 Å². The highest BCUT2D eigenvalue weighted by molar-refractivity contribution is 6.08. The van der Waals surface area contributed by atoms with Crippen LogP contribution in [-0.4, -0.2) is 29.9 Å². The second-order valence-electron chi connectivity index (χ2n) is 10.8. The highest BCUT2D eigenvalue weighted by Gasteiger charge is 2.30. The van der Waals surface area contributed by atoms with Crippen molar-refractivity contribution in [3.05, 3.63) is 168 Å². The van der Waals surface area contributed by atoms with Crippen LogP contribution < -0.4 is 5.32 Å². The Kier molecular flexibility index (Phi) is 9.05. The minimum Gasteiger partial charge on any atom is -0.459 e. The van der Waals surface area contributed by atoms with Gasteiger partial charge in [0.15, 0.2) is 0 Å². The molecule has 218 valence electrons. The van der Waals surface area contributed by atoms with E-state index >= 15 is 0 Å². The summed E-state index contributed by atoms with van der Waals surface area (Å²) in [4.78, 5) is 28.8. The van der Waals surface area contributed by atoms with Crippen molar-refractivity contribution in [2.24, 2.45) is 0 Å². The van der Waals surface area contributed by atoms with E-state index in [-0.39, 0.29) is 18.5 Å². The van der Waals surface area contributed by atoms with E-state index in [0.29, 0.717) is 12.1 Å². The van der Waals surface area contributed by atoms with Gasteiger partial charge in [0.25, 0.3) is 5.91 Å². The zero-order valence-corrected chi connectivity index (χ0v) is 24.4. The number of hydrogen-bond donors (Lipinski definition) is 1. The molecule has 0 fully saturated rings. The quantitative estimate of drug-likeness (QED) is 0.179. The number of esters is 1. The molecule has 0 saturated carbocycles. The molecular formula is C39H34N2O3. The number of carbonyl (C=O) groups excluding carboxylic acids is 2. The van der Waals surface area contributed by atoms with Crippen LogP contribution in [0.1, 0.15) is 39.5 Å². The average Bonchev–Trinajstić information content (AvgIpc) is 3.09. The van der Waals surface area contributed by atoms with Gasteiger partial charge in [-0.05, 0) is 58.0 Å². The van der Waals surface area contributed by atoms with Crippen LogP contribution in [0, 0.1) is 0 Å². The van der Waals surface area contributed by atoms with Crippen LogP contribution in [0.15, 0.2) is 146 Å². The van der Waals surface area contributed by atoms with Crippen molar-refractivity contribution >= 4 is 23.1 Å². The number of rotatable bonds is 9. The molecule has 0 saturated heterocycles. The summed E-state index contributed by atoms with van der Waals surface area (Å²) in [6.45, 7) is 1.60. The molecule has 1 atom stereocenters. The van der Waals surface area contributed by atoms with Crippen molar-refractivity contribution in [1.82, 2.24) is 4.90 Å². The summed E-state index contributed by atoms with van der Waals surface area (Å²) in [6, 6.07) is 44.7. The Morgan fingerprint density at radius 1 is 0.705 bits per heavy atom. The van der Waals surface area contributed by atoms with Crippen molar-refractivity contribution in [2.45, 2.75) is 19.1 Å². The lowest BCUT2D eigenvalue weighted by molar-refractivity contribution is -0.151. The molecule has 1 heterocycles. The van der Waals surface area contributed by atoms with Crippen molar-refractivity contribution in [3.63, 3.8) is 0 Å². The van der Waals surface area contributed by atoms with E-state index in [0.717, 1.165) is 46.5 Å². The molecule has 0 aromatic heterocycles. The van der Waals surface area contributed by atoms with E-state index < -0.39 is 6.04 Å². The van der Waals surface area contributed by atoms with E-state index in [2.05, 4.69) is 16.3 Å². The molecule has 1 unspecified atom stereocenters. The molecule has 0 spiro atoms. The normalized spacial score (nSPS) is 13.9. The zero-order valence-electron chi connectivity index (χ0n) is 24.4. The van der Waals surface area contributed by atoms with Gasteiger partial charge in [-0.25, -0.2) is 4.79 Å². The third kappa shape index (κ3) is 6.86. The van der Waals surface area contributed by atoms with E-state index in [1.54, 1.807) is 0 Å². The molecule has 1 aliphatic heterocycles. The predicted octanol–water partition coefficient (Wildman–Crippen LogP) is 8.18. The van der Waals surface area contributed by atoms with Crippen molar-refractivity contribution in [2.75, 3.05) is 18.4 Å². The lowest BCUT2D eigenvalue weighted by Crippen LogP contribution is -2.38. The topological polar surface area (TPSA) is 58.6 Å². The van der Waals surface area contributed by atoms with Gasteiger partial charge in [-0.3, -0.25) is 9.69 Å². The Balaban J connectivity index is 1.12. The number of hydrogen-bond acceptors (Lipinski definition) is 4. The van der Waals surface area contributed by atoms with Crippen LogP contribution >= 0.6 is 0 Å². The third-order valence-corrected chi connectivity index (χ3v) is 7.94. The van der Waals surface area contributed by atoms with Crippen molar-refractivity contribution < 1.29 is 14.3 Å². The highest BCUT2D eigenvalue weighted by atomic mass is 16.5. The fraction of sp³-hybridized carbons (Fsp3) is 0.128. The average molecular weight is 579 g/mol. The Bertz CT molecular complexity index is 1730. The van der Waals surface area contributed by atoms with Crippen molar-refractivity contribution in [3.8, 4) is 11.1 Å². The summed E-state index contributed by atoms with van der Waals surface area (Å²) in [7, 11) is 0. The fourth-order valence-corrected chi connectivity index (χ4v) is 5.64. The van der Waals surface area contributed by atoms with Crippen LogP contribution in [0.5, 0.6) is 0 Å². The summed E-state index contributed by atoms with van der Waals surface area (Å²) >= 11 is 0. The van der Waals surface area contributed by atoms with E-state index in [4.69, 9.17) is 4.74 Å². The molecule has 44 heavy (non-hydrogen) atoms. The molecule has 5 aromatic carbocycles. The number of amides is 1. The Labute approximate surface area is 258 Å². The van der Waals surface area contributed by atoms with Gasteiger partial charge in [0.05, 0.1) is 0 Å². The van der Waals surface area contributed by atoms with Crippen LogP contribution in [0.2, 0.25) is 0 Å². The summed E-state index contributed by atoms with van der Waals surface area (Å²) in [6.07, 6.45) is 2.99. The van der Waals surface area contributed by atoms with Gasteiger partial charge in [0.2, 0.25) is 0 Å². The highest BCUT2D eigenvalue weighted by Crippen LogP contribution is 2.30. The molecule has 5 aromatic rings. The van der Waals surface area contributed by atoms with Gasteiger partial charge in [-0.1, -0.05) is 127 Å². The molecule has 6 rings (SSSR count). The van der Waals surface area contributed by atoms with Gasteiger partial charge in [0, 0.05) is 24.3 Å². The number of nitrogens with zero attached hydrogens (tertiary/aromatic N) is 1. The first-order valence-corrected chi connectivity index (χ1v) is 14.9. The second kappa shape index (κ2) is 13.8. The minimum atomic E-state index is -0.478. The van der Waals surface area contributed by atoms with Gasteiger partial charge < -0.3 is 10.1 Å². The predicted molar refractivity (Wildman–Crippen MR) is 176 cm³/mol. The van der Waals surface area contributed by atoms with Gasteiger partial charge in [-0.2, -0.15) is 0 Å². The molecular weight excluding hydrogens is 544 g/mol. The smallest absolute Gasteiger partial charge is 0.328 e. The lowest BCUT2D eigenvalue weighted by Gasteiger charge is -2.33. The number of benzene rings is 5. The Morgan fingerprint density at radius 2 is 1.34 bits per heavy atom. The SMILES string of the molecule is O=C(Nc1ccc(C2=CCN(C(C(=O)OCc3ccccc3)c3ccccc3)CC2)cc1)c1ccccc1-c1ccccc1. The van der Waals surface area contributed by atoms with Gasteiger partial charge in [0.1, 0.15) is 12.6 Å². The van der Waals surface area contributed by atoms with Gasteiger partial charge >= 0.3 is 5.97 Å². The Morgan fingerprint density at radius 3 is 2.02 bits per heavy atom. The Hall–Kier alpha value is -5.26. The first-order valence-electron chi connectivity index (χ1n) is 14.9. The number of carbonyl (C=O) groups is 2. The molecule has 1 amide bonds. The van der Waals surface area contributed by atoms with Crippen LogP contribution in [0.4, 0.5) is 5.69 Å². The van der Waals surface area contributed by atoms with E-state index in [9.17, 15) is 9.59 Å². The van der Waals surface area contributed by atoms with E-state index in [1.807, 2.05) is 140 Å². The fourth-order valence-electron chi connectivity index (χ4n) is 5.64. The zero-order chi connectivity index (χ0) is 30.1. The summed E-state index contributed by atoms with van der Waals surface area (Å²) in [5.41, 5.74) is 7.50. The maximum Gasteiger partial charge on any atom is 0.328 e. The largest absolute Gasteiger partial charge is 0.459 e. The first kappa shape index (κ1) is 28.8. The molecule has 0 bridgehead atoms. The van der Waals surface area contributed by atoms with Gasteiger partial charge in [-0.15, -0.1) is 0 Å². The van der Waals surface area contributed by atoms with Crippen LogP contribution in [0.25, 0.3) is 16.7 Å². The standard InChI is InChI=1S/C39H34N2O3/c42-38(36-19-11-10-18-35(36)32-14-6-2-7-15-32)40-34-22-20-30(21-23-34)31-24-26-41(27-25-31)37(33-16-8-3-9-17-33)39(43)44-28-29-12-4-1-5-13-29/h1-24,37H,25-28H2,(H,40,42).